The lowest BCUT2D eigenvalue weighted by Crippen LogP contribution is -2.27. The number of aromatic nitrogens is 6. The molecule has 0 aliphatic carbocycles. The number of aromatic amines is 1. The van der Waals surface area contributed by atoms with Crippen LogP contribution in [0.3, 0.4) is 0 Å². The maximum absolute atomic E-state index is 12.5. The monoisotopic (exact) mass is 409 g/mol. The Hall–Kier alpha value is -2.94. The first-order valence-electron chi connectivity index (χ1n) is 9.52. The minimum absolute atomic E-state index is 0.0211. The molecular formula is C20H23N7OS. The van der Waals surface area contributed by atoms with Crippen LogP contribution in [0.5, 0.6) is 0 Å². The first-order chi connectivity index (χ1) is 14.0. The number of carbonyl (C=O) groups is 1. The molecule has 8 nitrogen and oxygen atoms in total. The molecule has 4 rings (SSSR count). The summed E-state index contributed by atoms with van der Waals surface area (Å²) in [6.07, 6.45) is 3.81. The smallest absolute Gasteiger partial charge is 0.253 e. The Labute approximate surface area is 172 Å². The molecular weight excluding hydrogens is 386 g/mol. The van der Waals surface area contributed by atoms with E-state index in [2.05, 4.69) is 30.4 Å². The van der Waals surface area contributed by atoms with Crippen LogP contribution >= 0.6 is 11.8 Å². The topological polar surface area (TPSA) is 101 Å². The zero-order chi connectivity index (χ0) is 20.4. The molecule has 0 aliphatic heterocycles. The molecule has 1 aromatic carbocycles. The molecule has 0 radical (unpaired) electrons. The average Bonchev–Trinajstić information content (AvgIpc) is 3.32. The van der Waals surface area contributed by atoms with Crippen LogP contribution in [-0.4, -0.2) is 48.3 Å². The fourth-order valence-corrected chi connectivity index (χ4v) is 3.70. The number of carbonyl (C=O) groups excluding carboxylic acids is 1. The van der Waals surface area contributed by atoms with E-state index in [1.807, 2.05) is 44.4 Å². The van der Waals surface area contributed by atoms with Crippen LogP contribution in [-0.2, 0) is 17.6 Å². The number of benzene rings is 1. The Morgan fingerprint density at radius 1 is 1.21 bits per heavy atom. The van der Waals surface area contributed by atoms with Gasteiger partial charge >= 0.3 is 0 Å². The molecule has 0 saturated heterocycles. The molecule has 0 bridgehead atoms. The standard InChI is InChI=1S/C20H23N7OS/c1-12-14(13(2)27-19(22-12)25-20(26-27)29-3)11-18(28)21-10-6-9-17-23-15-7-4-5-8-16(15)24-17/h4-5,7-8H,6,9-11H2,1-3H3,(H,21,28)(H,23,24). The summed E-state index contributed by atoms with van der Waals surface area (Å²) in [6, 6.07) is 7.97. The number of nitrogens with zero attached hydrogens (tertiary/aromatic N) is 5. The number of thioether (sulfide) groups is 1. The number of amides is 1. The van der Waals surface area contributed by atoms with Gasteiger partial charge in [0.05, 0.1) is 17.5 Å². The van der Waals surface area contributed by atoms with Gasteiger partial charge in [0.1, 0.15) is 5.82 Å². The van der Waals surface area contributed by atoms with E-state index in [1.165, 1.54) is 11.8 Å². The van der Waals surface area contributed by atoms with Crippen molar-refractivity contribution in [2.24, 2.45) is 0 Å². The van der Waals surface area contributed by atoms with Gasteiger partial charge in [-0.05, 0) is 38.7 Å². The number of H-pyrrole nitrogens is 1. The van der Waals surface area contributed by atoms with Crippen LogP contribution in [0, 0.1) is 13.8 Å². The predicted molar refractivity (Wildman–Crippen MR) is 113 cm³/mol. The fraction of sp³-hybridized carbons (Fsp3) is 0.350. The summed E-state index contributed by atoms with van der Waals surface area (Å²) in [5, 5.41) is 8.10. The van der Waals surface area contributed by atoms with E-state index in [-0.39, 0.29) is 12.3 Å². The highest BCUT2D eigenvalue weighted by molar-refractivity contribution is 7.98. The number of hydrogen-bond donors (Lipinski definition) is 2. The minimum Gasteiger partial charge on any atom is -0.356 e. The Kier molecular flexibility index (Phi) is 5.48. The van der Waals surface area contributed by atoms with Crippen LogP contribution in [0.4, 0.5) is 0 Å². The molecule has 2 N–H and O–H groups in total. The number of fused-ring (bicyclic) bond motifs is 2. The minimum atomic E-state index is -0.0211. The van der Waals surface area contributed by atoms with Crippen molar-refractivity contribution in [3.05, 3.63) is 47.0 Å². The molecule has 3 aromatic heterocycles. The van der Waals surface area contributed by atoms with Crippen molar-refractivity contribution in [2.75, 3.05) is 12.8 Å². The molecule has 0 unspecified atom stereocenters. The average molecular weight is 410 g/mol. The number of rotatable bonds is 7. The van der Waals surface area contributed by atoms with Crippen molar-refractivity contribution in [2.45, 2.75) is 38.3 Å². The highest BCUT2D eigenvalue weighted by Crippen LogP contribution is 2.17. The lowest BCUT2D eigenvalue weighted by Gasteiger charge is -2.10. The Balaban J connectivity index is 1.34. The molecule has 4 aromatic rings. The molecule has 0 atom stereocenters. The second-order valence-electron chi connectivity index (χ2n) is 6.90. The van der Waals surface area contributed by atoms with Crippen LogP contribution in [0.25, 0.3) is 16.8 Å². The van der Waals surface area contributed by atoms with E-state index in [1.54, 1.807) is 4.52 Å². The van der Waals surface area contributed by atoms with E-state index in [4.69, 9.17) is 0 Å². The van der Waals surface area contributed by atoms with Gasteiger partial charge in [-0.15, -0.1) is 5.10 Å². The number of imidazole rings is 1. The van der Waals surface area contributed by atoms with Gasteiger partial charge in [0, 0.05) is 29.9 Å². The molecule has 0 fully saturated rings. The van der Waals surface area contributed by atoms with Gasteiger partial charge in [0.2, 0.25) is 11.1 Å². The second kappa shape index (κ2) is 8.20. The molecule has 0 aliphatic rings. The van der Waals surface area contributed by atoms with Gasteiger partial charge in [-0.1, -0.05) is 23.9 Å². The number of hydrogen-bond acceptors (Lipinski definition) is 6. The maximum atomic E-state index is 12.5. The lowest BCUT2D eigenvalue weighted by atomic mass is 10.1. The summed E-state index contributed by atoms with van der Waals surface area (Å²) < 4.78 is 1.71. The van der Waals surface area contributed by atoms with Crippen LogP contribution in [0.1, 0.15) is 29.2 Å². The largest absolute Gasteiger partial charge is 0.356 e. The highest BCUT2D eigenvalue weighted by Gasteiger charge is 2.15. The summed E-state index contributed by atoms with van der Waals surface area (Å²) in [4.78, 5) is 29.2. The quantitative estimate of drug-likeness (QED) is 0.359. The van der Waals surface area contributed by atoms with Crippen molar-refractivity contribution in [1.82, 2.24) is 34.9 Å². The van der Waals surface area contributed by atoms with Crippen molar-refractivity contribution in [3.8, 4) is 0 Å². The molecule has 1 amide bonds. The summed E-state index contributed by atoms with van der Waals surface area (Å²) in [7, 11) is 0. The van der Waals surface area contributed by atoms with E-state index < -0.39 is 0 Å². The number of para-hydroxylation sites is 2. The van der Waals surface area contributed by atoms with E-state index in [0.717, 1.165) is 46.7 Å². The third kappa shape index (κ3) is 4.09. The van der Waals surface area contributed by atoms with E-state index in [9.17, 15) is 4.79 Å². The van der Waals surface area contributed by atoms with Gasteiger partial charge in [-0.2, -0.15) is 4.98 Å². The van der Waals surface area contributed by atoms with Gasteiger partial charge in [-0.25, -0.2) is 14.5 Å². The molecule has 29 heavy (non-hydrogen) atoms. The molecule has 3 heterocycles. The predicted octanol–water partition coefficient (Wildman–Crippen LogP) is 2.63. The second-order valence-corrected chi connectivity index (χ2v) is 7.68. The van der Waals surface area contributed by atoms with Crippen molar-refractivity contribution in [3.63, 3.8) is 0 Å². The number of nitrogens with one attached hydrogen (secondary N) is 2. The fourth-order valence-electron chi connectivity index (χ4n) is 3.36. The van der Waals surface area contributed by atoms with Crippen LogP contribution in [0.2, 0.25) is 0 Å². The number of aryl methyl sites for hydroxylation is 3. The third-order valence-corrected chi connectivity index (χ3v) is 5.44. The molecule has 150 valence electrons. The van der Waals surface area contributed by atoms with E-state index >= 15 is 0 Å². The summed E-state index contributed by atoms with van der Waals surface area (Å²) in [5.41, 5.74) is 4.62. The van der Waals surface area contributed by atoms with E-state index in [0.29, 0.717) is 17.5 Å². The van der Waals surface area contributed by atoms with Gasteiger partial charge in [-0.3, -0.25) is 4.79 Å². The Morgan fingerprint density at radius 2 is 2.03 bits per heavy atom. The zero-order valence-electron chi connectivity index (χ0n) is 16.7. The normalized spacial score (nSPS) is 11.4. The van der Waals surface area contributed by atoms with Gasteiger partial charge in [0.15, 0.2) is 0 Å². The van der Waals surface area contributed by atoms with Gasteiger partial charge in [0.25, 0.3) is 5.78 Å². The van der Waals surface area contributed by atoms with Crippen molar-refractivity contribution in [1.29, 1.82) is 0 Å². The summed E-state index contributed by atoms with van der Waals surface area (Å²) in [6.45, 7) is 4.46. The SMILES string of the molecule is CSc1nc2nc(C)c(CC(=O)NCCCc3nc4ccccc4[nH]3)c(C)n2n1. The summed E-state index contributed by atoms with van der Waals surface area (Å²) >= 11 is 1.47. The van der Waals surface area contributed by atoms with Crippen molar-refractivity contribution < 1.29 is 4.79 Å². The third-order valence-electron chi connectivity index (χ3n) is 4.90. The first-order valence-corrected chi connectivity index (χ1v) is 10.7. The first kappa shape index (κ1) is 19.4. The molecule has 0 saturated carbocycles. The maximum Gasteiger partial charge on any atom is 0.253 e. The molecule has 0 spiro atoms. The molecule has 9 heteroatoms. The van der Waals surface area contributed by atoms with Crippen LogP contribution in [0.15, 0.2) is 29.4 Å². The van der Waals surface area contributed by atoms with Gasteiger partial charge < -0.3 is 10.3 Å². The zero-order valence-corrected chi connectivity index (χ0v) is 17.5. The lowest BCUT2D eigenvalue weighted by molar-refractivity contribution is -0.120. The highest BCUT2D eigenvalue weighted by atomic mass is 32.2. The summed E-state index contributed by atoms with van der Waals surface area (Å²) in [5.74, 6) is 1.49. The van der Waals surface area contributed by atoms with Crippen LogP contribution < -0.4 is 5.32 Å². The van der Waals surface area contributed by atoms with Crippen molar-refractivity contribution >= 4 is 34.5 Å². The Bertz CT molecular complexity index is 1150. The Morgan fingerprint density at radius 3 is 2.83 bits per heavy atom.